The van der Waals surface area contributed by atoms with E-state index in [1.54, 1.807) is 16.8 Å². The Bertz CT molecular complexity index is 772. The van der Waals surface area contributed by atoms with Crippen LogP contribution in [0.15, 0.2) is 24.5 Å². The second-order valence-corrected chi connectivity index (χ2v) is 4.34. The number of aliphatic hydroxyl groups is 1. The van der Waals surface area contributed by atoms with Gasteiger partial charge in [-0.15, -0.1) is 0 Å². The van der Waals surface area contributed by atoms with Crippen LogP contribution in [0.2, 0.25) is 0 Å². The van der Waals surface area contributed by atoms with Gasteiger partial charge in [-0.3, -0.25) is 4.40 Å². The van der Waals surface area contributed by atoms with E-state index in [1.165, 1.54) is 0 Å². The lowest BCUT2D eigenvalue weighted by Gasteiger charge is -2.09. The van der Waals surface area contributed by atoms with Crippen LogP contribution in [0.25, 0.3) is 16.7 Å². The number of benzene rings is 1. The summed E-state index contributed by atoms with van der Waals surface area (Å²) >= 11 is 0. The number of fused-ring (bicyclic) bond motifs is 3. The predicted molar refractivity (Wildman–Crippen MR) is 70.6 cm³/mol. The summed E-state index contributed by atoms with van der Waals surface area (Å²) in [4.78, 5) is 8.43. The lowest BCUT2D eigenvalue weighted by molar-refractivity contribution is 0.292. The molecule has 0 spiro atoms. The van der Waals surface area contributed by atoms with E-state index in [0.717, 1.165) is 12.1 Å². The van der Waals surface area contributed by atoms with E-state index in [0.29, 0.717) is 35.5 Å². The molecule has 0 aliphatic heterocycles. The maximum Gasteiger partial charge on any atom is 0.180 e. The number of hydrogen-bond acceptors (Lipinski definition) is 4. The van der Waals surface area contributed by atoms with E-state index in [1.807, 2.05) is 0 Å². The monoisotopic (exact) mass is 278 g/mol. The first kappa shape index (κ1) is 12.7. The Morgan fingerprint density at radius 3 is 2.85 bits per heavy atom. The first-order valence-electron chi connectivity index (χ1n) is 6.17. The van der Waals surface area contributed by atoms with Crippen LogP contribution in [0, 0.1) is 11.6 Å². The summed E-state index contributed by atoms with van der Waals surface area (Å²) in [6.07, 6.45) is 3.78. The topological polar surface area (TPSA) is 62.5 Å². The second kappa shape index (κ2) is 5.01. The van der Waals surface area contributed by atoms with Crippen LogP contribution < -0.4 is 5.32 Å². The fraction of sp³-hybridized carbons (Fsp3) is 0.231. The van der Waals surface area contributed by atoms with Gasteiger partial charge in [0.25, 0.3) is 0 Å². The minimum Gasteiger partial charge on any atom is -0.396 e. The number of imidazole rings is 1. The zero-order valence-electron chi connectivity index (χ0n) is 10.5. The van der Waals surface area contributed by atoms with Crippen LogP contribution in [-0.4, -0.2) is 32.6 Å². The summed E-state index contributed by atoms with van der Waals surface area (Å²) in [6, 6.07) is 2.16. The van der Waals surface area contributed by atoms with Crippen LogP contribution in [0.3, 0.4) is 0 Å². The van der Waals surface area contributed by atoms with Gasteiger partial charge in [0.15, 0.2) is 23.1 Å². The molecule has 0 bridgehead atoms. The summed E-state index contributed by atoms with van der Waals surface area (Å²) in [5.41, 5.74) is 1.31. The molecule has 104 valence electrons. The minimum atomic E-state index is -0.939. The molecule has 7 heteroatoms. The first-order chi connectivity index (χ1) is 9.70. The van der Waals surface area contributed by atoms with Crippen molar-refractivity contribution in [2.24, 2.45) is 0 Å². The van der Waals surface area contributed by atoms with Gasteiger partial charge in [-0.2, -0.15) is 0 Å². The number of hydrogen-bond donors (Lipinski definition) is 2. The summed E-state index contributed by atoms with van der Waals surface area (Å²) in [5, 5.41) is 11.8. The smallest absolute Gasteiger partial charge is 0.180 e. The maximum atomic E-state index is 13.4. The standard InChI is InChI=1S/C13H12F2N4O/c14-8-6-10-11(7-9(8)15)19-4-3-17-13(19)12(18-10)16-2-1-5-20/h3-4,6-7,20H,1-2,5H2,(H,16,18). The van der Waals surface area contributed by atoms with Gasteiger partial charge in [0.1, 0.15) is 0 Å². The number of nitrogens with zero attached hydrogens (tertiary/aromatic N) is 3. The average Bonchev–Trinajstić information content (AvgIpc) is 2.91. The van der Waals surface area contributed by atoms with Crippen molar-refractivity contribution in [3.63, 3.8) is 0 Å². The lowest BCUT2D eigenvalue weighted by Crippen LogP contribution is -2.07. The van der Waals surface area contributed by atoms with Gasteiger partial charge < -0.3 is 10.4 Å². The largest absolute Gasteiger partial charge is 0.396 e. The number of rotatable bonds is 4. The number of nitrogens with one attached hydrogen (secondary N) is 1. The minimum absolute atomic E-state index is 0.0607. The highest BCUT2D eigenvalue weighted by molar-refractivity contribution is 5.82. The molecule has 0 atom stereocenters. The van der Waals surface area contributed by atoms with Gasteiger partial charge in [0.2, 0.25) is 0 Å². The summed E-state index contributed by atoms with van der Waals surface area (Å²) in [5.74, 6) is -1.39. The fourth-order valence-corrected chi connectivity index (χ4v) is 2.06. The lowest BCUT2D eigenvalue weighted by atomic mass is 10.2. The Morgan fingerprint density at radius 2 is 2.05 bits per heavy atom. The molecule has 20 heavy (non-hydrogen) atoms. The van der Waals surface area contributed by atoms with E-state index in [9.17, 15) is 8.78 Å². The SMILES string of the molecule is OCCCNc1nc2cc(F)c(F)cc2n2ccnc12. The van der Waals surface area contributed by atoms with E-state index in [4.69, 9.17) is 5.11 Å². The molecule has 0 aliphatic carbocycles. The van der Waals surface area contributed by atoms with Crippen LogP contribution >= 0.6 is 0 Å². The van der Waals surface area contributed by atoms with E-state index >= 15 is 0 Å². The number of aliphatic hydroxyl groups excluding tert-OH is 1. The normalized spacial score (nSPS) is 11.3. The van der Waals surface area contributed by atoms with Crippen molar-refractivity contribution in [2.75, 3.05) is 18.5 Å². The maximum absolute atomic E-state index is 13.4. The Morgan fingerprint density at radius 1 is 1.25 bits per heavy atom. The van der Waals surface area contributed by atoms with Gasteiger partial charge >= 0.3 is 0 Å². The zero-order chi connectivity index (χ0) is 14.1. The number of aromatic nitrogens is 3. The fourth-order valence-electron chi connectivity index (χ4n) is 2.06. The molecule has 0 unspecified atom stereocenters. The Kier molecular flexibility index (Phi) is 3.19. The van der Waals surface area contributed by atoms with Gasteiger partial charge in [0.05, 0.1) is 11.0 Å². The van der Waals surface area contributed by atoms with E-state index in [2.05, 4.69) is 15.3 Å². The highest BCUT2D eigenvalue weighted by atomic mass is 19.2. The molecule has 5 nitrogen and oxygen atoms in total. The van der Waals surface area contributed by atoms with Crippen molar-refractivity contribution in [3.05, 3.63) is 36.2 Å². The van der Waals surface area contributed by atoms with E-state index < -0.39 is 11.6 Å². The van der Waals surface area contributed by atoms with Crippen molar-refractivity contribution in [3.8, 4) is 0 Å². The molecule has 0 aliphatic rings. The molecule has 3 rings (SSSR count). The molecule has 2 aromatic heterocycles. The zero-order valence-corrected chi connectivity index (χ0v) is 10.5. The third-order valence-corrected chi connectivity index (χ3v) is 2.99. The Balaban J connectivity index is 2.18. The van der Waals surface area contributed by atoms with Crippen molar-refractivity contribution >= 4 is 22.5 Å². The Hall–Kier alpha value is -2.28. The summed E-state index contributed by atoms with van der Waals surface area (Å²) < 4.78 is 28.3. The molecule has 2 heterocycles. The molecule has 0 radical (unpaired) electrons. The number of halogens is 2. The van der Waals surface area contributed by atoms with Crippen LogP contribution in [0.5, 0.6) is 0 Å². The third-order valence-electron chi connectivity index (χ3n) is 2.99. The quantitative estimate of drug-likeness (QED) is 0.716. The van der Waals surface area contributed by atoms with Crippen LogP contribution in [0.4, 0.5) is 14.6 Å². The first-order valence-corrected chi connectivity index (χ1v) is 6.17. The molecule has 0 saturated heterocycles. The molecule has 3 aromatic rings. The predicted octanol–water partition coefficient (Wildman–Crippen LogP) is 1.95. The van der Waals surface area contributed by atoms with Crippen LogP contribution in [-0.2, 0) is 0 Å². The number of anilines is 1. The molecule has 0 fully saturated rings. The van der Waals surface area contributed by atoms with Crippen molar-refractivity contribution in [2.45, 2.75) is 6.42 Å². The average molecular weight is 278 g/mol. The van der Waals surface area contributed by atoms with Gasteiger partial charge in [-0.25, -0.2) is 18.7 Å². The highest BCUT2D eigenvalue weighted by Crippen LogP contribution is 2.22. The van der Waals surface area contributed by atoms with Crippen molar-refractivity contribution < 1.29 is 13.9 Å². The Labute approximate surface area is 112 Å². The van der Waals surface area contributed by atoms with Crippen LogP contribution in [0.1, 0.15) is 6.42 Å². The van der Waals surface area contributed by atoms with Gasteiger partial charge in [-0.1, -0.05) is 0 Å². The summed E-state index contributed by atoms with van der Waals surface area (Å²) in [7, 11) is 0. The molecule has 1 aromatic carbocycles. The van der Waals surface area contributed by atoms with Gasteiger partial charge in [-0.05, 0) is 6.42 Å². The molecule has 0 saturated carbocycles. The summed E-state index contributed by atoms with van der Waals surface area (Å²) in [6.45, 7) is 0.576. The van der Waals surface area contributed by atoms with Crippen molar-refractivity contribution in [1.29, 1.82) is 0 Å². The molecular formula is C13H12F2N4O. The molecule has 0 amide bonds. The third kappa shape index (κ3) is 2.05. The second-order valence-electron chi connectivity index (χ2n) is 4.34. The van der Waals surface area contributed by atoms with E-state index in [-0.39, 0.29) is 6.61 Å². The molecular weight excluding hydrogens is 266 g/mol. The molecule has 2 N–H and O–H groups in total. The van der Waals surface area contributed by atoms with Crippen molar-refractivity contribution in [1.82, 2.24) is 14.4 Å². The van der Waals surface area contributed by atoms with Gasteiger partial charge in [0, 0.05) is 37.7 Å². The highest BCUT2D eigenvalue weighted by Gasteiger charge is 2.12.